The number of methoxy groups -OCH3 is 2. The normalized spacial score (nSPS) is 11.3. The van der Waals surface area contributed by atoms with Crippen molar-refractivity contribution < 1.29 is 22.7 Å². The maximum atomic E-state index is 13.3. The Kier molecular flexibility index (Phi) is 8.32. The van der Waals surface area contributed by atoms with Gasteiger partial charge in [-0.2, -0.15) is 4.31 Å². The van der Waals surface area contributed by atoms with Gasteiger partial charge in [-0.15, -0.1) is 0 Å². The van der Waals surface area contributed by atoms with Gasteiger partial charge in [0.2, 0.25) is 15.9 Å². The van der Waals surface area contributed by atoms with E-state index in [0.29, 0.717) is 28.6 Å². The minimum absolute atomic E-state index is 0.0802. The van der Waals surface area contributed by atoms with Crippen LogP contribution in [0.1, 0.15) is 5.56 Å². The summed E-state index contributed by atoms with van der Waals surface area (Å²) in [5, 5.41) is 3.03. The molecule has 7 nitrogen and oxygen atoms in total. The molecule has 0 saturated heterocycles. The topological polar surface area (TPSA) is 84.9 Å². The van der Waals surface area contributed by atoms with E-state index in [1.807, 2.05) is 30.3 Å². The number of sulfonamides is 1. The Morgan fingerprint density at radius 1 is 0.970 bits per heavy atom. The van der Waals surface area contributed by atoms with E-state index in [-0.39, 0.29) is 18.0 Å². The molecule has 0 bridgehead atoms. The fourth-order valence-corrected chi connectivity index (χ4v) is 4.84. The largest absolute Gasteiger partial charge is 0.497 e. The molecule has 0 atom stereocenters. The van der Waals surface area contributed by atoms with E-state index in [2.05, 4.69) is 5.32 Å². The lowest BCUT2D eigenvalue weighted by Crippen LogP contribution is -2.39. The van der Waals surface area contributed by atoms with Gasteiger partial charge in [0.25, 0.3) is 0 Å². The number of nitrogens with one attached hydrogen (secondary N) is 1. The fraction of sp³-hybridized carbons (Fsp3) is 0.208. The molecule has 1 N–H and O–H groups in total. The highest BCUT2D eigenvalue weighted by atomic mass is 35.5. The van der Waals surface area contributed by atoms with Crippen molar-refractivity contribution in [2.24, 2.45) is 0 Å². The molecule has 0 aliphatic heterocycles. The quantitative estimate of drug-likeness (QED) is 0.461. The van der Waals surface area contributed by atoms with Crippen LogP contribution in [0.25, 0.3) is 0 Å². The van der Waals surface area contributed by atoms with E-state index in [1.54, 1.807) is 30.3 Å². The van der Waals surface area contributed by atoms with E-state index >= 15 is 0 Å². The molecule has 0 aliphatic rings. The van der Waals surface area contributed by atoms with Crippen LogP contribution >= 0.6 is 11.6 Å². The molecule has 1 amide bonds. The van der Waals surface area contributed by atoms with Gasteiger partial charge in [0, 0.05) is 12.2 Å². The lowest BCUT2D eigenvalue weighted by molar-refractivity contribution is -0.116. The highest BCUT2D eigenvalue weighted by Crippen LogP contribution is 2.27. The molecule has 3 rings (SSSR count). The zero-order chi connectivity index (χ0) is 23.8. The van der Waals surface area contributed by atoms with E-state index in [9.17, 15) is 13.2 Å². The van der Waals surface area contributed by atoms with E-state index < -0.39 is 15.9 Å². The second-order valence-electron chi connectivity index (χ2n) is 7.15. The standard InChI is InChI=1S/C24H25ClN2O5S/c1-31-20-9-11-21(12-10-20)33(29,30)27(15-14-18-6-4-3-5-7-18)17-24(28)26-19-8-13-23(32-2)22(25)16-19/h3-13,16H,14-15,17H2,1-2H3,(H,26,28). The van der Waals surface area contributed by atoms with E-state index in [4.69, 9.17) is 21.1 Å². The van der Waals surface area contributed by atoms with E-state index in [1.165, 1.54) is 30.7 Å². The average molecular weight is 489 g/mol. The summed E-state index contributed by atoms with van der Waals surface area (Å²) in [6.45, 7) is -0.222. The van der Waals surface area contributed by atoms with Crippen molar-refractivity contribution in [3.8, 4) is 11.5 Å². The summed E-state index contributed by atoms with van der Waals surface area (Å²) in [6, 6.07) is 20.4. The molecule has 9 heteroatoms. The highest BCUT2D eigenvalue weighted by molar-refractivity contribution is 7.89. The Hall–Kier alpha value is -3.07. The Morgan fingerprint density at radius 2 is 1.67 bits per heavy atom. The maximum absolute atomic E-state index is 13.3. The van der Waals surface area contributed by atoms with E-state index in [0.717, 1.165) is 5.56 Å². The Labute approximate surface area is 198 Å². The molecule has 0 fully saturated rings. The van der Waals surface area contributed by atoms with Crippen LogP contribution in [-0.4, -0.2) is 45.9 Å². The second-order valence-corrected chi connectivity index (χ2v) is 9.49. The van der Waals surface area contributed by atoms with Gasteiger partial charge in [-0.05, 0) is 54.4 Å². The molecule has 0 aliphatic carbocycles. The zero-order valence-electron chi connectivity index (χ0n) is 18.3. The van der Waals surface area contributed by atoms with Crippen LogP contribution in [0.5, 0.6) is 11.5 Å². The van der Waals surface area contributed by atoms with Crippen molar-refractivity contribution in [2.45, 2.75) is 11.3 Å². The van der Waals surface area contributed by atoms with Gasteiger partial charge >= 0.3 is 0 Å². The van der Waals surface area contributed by atoms with Gasteiger partial charge in [-0.25, -0.2) is 8.42 Å². The number of amides is 1. The first kappa shape index (κ1) is 24.6. The Bertz CT molecular complexity index is 1190. The number of hydrogen-bond acceptors (Lipinski definition) is 5. The van der Waals surface area contributed by atoms with Crippen LogP contribution in [-0.2, 0) is 21.2 Å². The van der Waals surface area contributed by atoms with Gasteiger partial charge in [-0.3, -0.25) is 4.79 Å². The lowest BCUT2D eigenvalue weighted by Gasteiger charge is -2.22. The molecule has 0 unspecified atom stereocenters. The molecule has 33 heavy (non-hydrogen) atoms. The summed E-state index contributed by atoms with van der Waals surface area (Å²) in [4.78, 5) is 12.8. The molecule has 0 aromatic heterocycles. The summed E-state index contributed by atoms with van der Waals surface area (Å²) >= 11 is 6.12. The van der Waals surface area contributed by atoms with Crippen molar-refractivity contribution in [1.82, 2.24) is 4.31 Å². The van der Waals surface area contributed by atoms with Crippen molar-refractivity contribution in [3.05, 3.63) is 83.4 Å². The third-order valence-electron chi connectivity index (χ3n) is 4.95. The average Bonchev–Trinajstić information content (AvgIpc) is 2.82. The number of nitrogens with zero attached hydrogens (tertiary/aromatic N) is 1. The zero-order valence-corrected chi connectivity index (χ0v) is 19.9. The predicted octanol–water partition coefficient (Wildman–Crippen LogP) is 4.23. The Morgan fingerprint density at radius 3 is 2.27 bits per heavy atom. The third-order valence-corrected chi connectivity index (χ3v) is 7.10. The molecule has 0 heterocycles. The number of hydrogen-bond donors (Lipinski definition) is 1. The maximum Gasteiger partial charge on any atom is 0.243 e. The van der Waals surface area contributed by atoms with Crippen LogP contribution in [0, 0.1) is 0 Å². The minimum Gasteiger partial charge on any atom is -0.497 e. The van der Waals surface area contributed by atoms with Gasteiger partial charge < -0.3 is 14.8 Å². The van der Waals surface area contributed by atoms with Crippen LogP contribution in [0.2, 0.25) is 5.02 Å². The number of carbonyl (C=O) groups excluding carboxylic acids is 1. The molecular weight excluding hydrogens is 464 g/mol. The molecule has 3 aromatic rings. The summed E-state index contributed by atoms with van der Waals surface area (Å²) in [7, 11) is -0.932. The van der Waals surface area contributed by atoms with Crippen molar-refractivity contribution in [2.75, 3.05) is 32.6 Å². The number of ether oxygens (including phenoxy) is 2. The van der Waals surface area contributed by atoms with Crippen molar-refractivity contribution >= 4 is 33.2 Å². The molecule has 174 valence electrons. The van der Waals surface area contributed by atoms with Crippen LogP contribution in [0.3, 0.4) is 0 Å². The predicted molar refractivity (Wildman–Crippen MR) is 129 cm³/mol. The van der Waals surface area contributed by atoms with Crippen molar-refractivity contribution in [3.63, 3.8) is 0 Å². The summed E-state index contributed by atoms with van der Waals surface area (Å²) in [5.74, 6) is 0.529. The number of anilines is 1. The summed E-state index contributed by atoms with van der Waals surface area (Å²) in [5.41, 5.74) is 1.41. The van der Waals surface area contributed by atoms with Gasteiger partial charge in [0.05, 0.1) is 30.7 Å². The number of halogens is 1. The first-order valence-electron chi connectivity index (χ1n) is 10.1. The molecule has 0 radical (unpaired) electrons. The number of carbonyl (C=O) groups is 1. The minimum atomic E-state index is -3.93. The SMILES string of the molecule is COc1ccc(S(=O)(=O)N(CCc2ccccc2)CC(=O)Nc2ccc(OC)c(Cl)c2)cc1. The van der Waals surface area contributed by atoms with Gasteiger partial charge in [0.15, 0.2) is 0 Å². The first-order chi connectivity index (χ1) is 15.8. The number of rotatable bonds is 10. The summed E-state index contributed by atoms with van der Waals surface area (Å²) in [6.07, 6.45) is 0.456. The highest BCUT2D eigenvalue weighted by Gasteiger charge is 2.26. The summed E-state index contributed by atoms with van der Waals surface area (Å²) < 4.78 is 38.1. The van der Waals surface area contributed by atoms with Crippen LogP contribution in [0.4, 0.5) is 5.69 Å². The lowest BCUT2D eigenvalue weighted by atomic mass is 10.1. The first-order valence-corrected chi connectivity index (χ1v) is 12.0. The van der Waals surface area contributed by atoms with Crippen LogP contribution < -0.4 is 14.8 Å². The van der Waals surface area contributed by atoms with Crippen LogP contribution in [0.15, 0.2) is 77.7 Å². The number of benzene rings is 3. The van der Waals surface area contributed by atoms with Gasteiger partial charge in [0.1, 0.15) is 11.5 Å². The van der Waals surface area contributed by atoms with Gasteiger partial charge in [-0.1, -0.05) is 41.9 Å². The fourth-order valence-electron chi connectivity index (χ4n) is 3.18. The third kappa shape index (κ3) is 6.47. The van der Waals surface area contributed by atoms with Crippen molar-refractivity contribution in [1.29, 1.82) is 0 Å². The smallest absolute Gasteiger partial charge is 0.243 e. The molecule has 0 saturated carbocycles. The molecular formula is C24H25ClN2O5S. The monoisotopic (exact) mass is 488 g/mol. The molecule has 3 aromatic carbocycles. The Balaban J connectivity index is 1.80. The molecule has 0 spiro atoms. The second kappa shape index (κ2) is 11.2.